The quantitative estimate of drug-likeness (QED) is 0.687. The molecule has 1 fully saturated rings. The second-order valence-corrected chi connectivity index (χ2v) is 8.81. The van der Waals surface area contributed by atoms with Crippen LogP contribution in [0.5, 0.6) is 0 Å². The van der Waals surface area contributed by atoms with Gasteiger partial charge in [0.1, 0.15) is 0 Å². The third-order valence-corrected chi connectivity index (χ3v) is 5.98. The number of hydrogen-bond donors (Lipinski definition) is 2. The van der Waals surface area contributed by atoms with Gasteiger partial charge in [0.05, 0.1) is 6.04 Å². The lowest BCUT2D eigenvalue weighted by molar-refractivity contribution is 0.0939. The van der Waals surface area contributed by atoms with Gasteiger partial charge in [-0.2, -0.15) is 0 Å². The van der Waals surface area contributed by atoms with E-state index in [9.17, 15) is 9.59 Å². The van der Waals surface area contributed by atoms with Gasteiger partial charge < -0.3 is 15.5 Å². The van der Waals surface area contributed by atoms with Crippen LogP contribution in [0.1, 0.15) is 79.5 Å². The summed E-state index contributed by atoms with van der Waals surface area (Å²) in [6, 6.07) is 16.3. The van der Waals surface area contributed by atoms with E-state index >= 15 is 0 Å². The molecule has 1 saturated heterocycles. The number of benzene rings is 2. The number of nitrogens with zero attached hydrogens (tertiary/aromatic N) is 1. The van der Waals surface area contributed by atoms with Gasteiger partial charge in [0, 0.05) is 30.6 Å². The van der Waals surface area contributed by atoms with Crippen LogP contribution in [0, 0.1) is 0 Å². The molecule has 31 heavy (non-hydrogen) atoms. The molecule has 1 aliphatic rings. The molecule has 2 atom stereocenters. The number of carbonyl (C=O) groups is 2. The molecular weight excluding hydrogens is 386 g/mol. The van der Waals surface area contributed by atoms with Crippen molar-refractivity contribution < 1.29 is 9.59 Å². The van der Waals surface area contributed by atoms with Crippen LogP contribution in [0.4, 0.5) is 4.79 Å². The van der Waals surface area contributed by atoms with Gasteiger partial charge in [-0.1, -0.05) is 43.3 Å². The van der Waals surface area contributed by atoms with Crippen LogP contribution >= 0.6 is 0 Å². The van der Waals surface area contributed by atoms with E-state index < -0.39 is 0 Å². The Labute approximate surface area is 186 Å². The Morgan fingerprint density at radius 3 is 2.48 bits per heavy atom. The molecule has 0 aromatic heterocycles. The van der Waals surface area contributed by atoms with E-state index in [1.807, 2.05) is 43.9 Å². The zero-order chi connectivity index (χ0) is 22.4. The Morgan fingerprint density at radius 2 is 1.81 bits per heavy atom. The highest BCUT2D eigenvalue weighted by molar-refractivity contribution is 5.94. The molecular formula is C26H35N3O2. The second-order valence-electron chi connectivity index (χ2n) is 8.81. The molecule has 166 valence electrons. The van der Waals surface area contributed by atoms with Gasteiger partial charge in [-0.15, -0.1) is 0 Å². The average Bonchev–Trinajstić information content (AvgIpc) is 2.78. The van der Waals surface area contributed by atoms with Crippen LogP contribution in [0.3, 0.4) is 0 Å². The minimum atomic E-state index is -0.0702. The molecule has 2 N–H and O–H groups in total. The summed E-state index contributed by atoms with van der Waals surface area (Å²) < 4.78 is 0. The first-order valence-electron chi connectivity index (χ1n) is 11.4. The molecule has 3 amide bonds. The lowest BCUT2D eigenvalue weighted by Gasteiger charge is -2.33. The van der Waals surface area contributed by atoms with E-state index in [2.05, 4.69) is 47.9 Å². The van der Waals surface area contributed by atoms with Gasteiger partial charge in [-0.05, 0) is 68.9 Å². The largest absolute Gasteiger partial charge is 0.346 e. The van der Waals surface area contributed by atoms with Crippen molar-refractivity contribution in [2.45, 2.75) is 65.0 Å². The van der Waals surface area contributed by atoms with Crippen molar-refractivity contribution >= 4 is 11.9 Å². The maximum absolute atomic E-state index is 12.9. The van der Waals surface area contributed by atoms with E-state index in [4.69, 9.17) is 0 Å². The first-order valence-corrected chi connectivity index (χ1v) is 11.4. The number of urea groups is 1. The van der Waals surface area contributed by atoms with Crippen LogP contribution in [-0.4, -0.2) is 36.0 Å². The van der Waals surface area contributed by atoms with Crippen LogP contribution in [0.15, 0.2) is 48.5 Å². The average molecular weight is 422 g/mol. The topological polar surface area (TPSA) is 61.4 Å². The maximum atomic E-state index is 12.9. The summed E-state index contributed by atoms with van der Waals surface area (Å²) in [6.07, 6.45) is 3.00. The van der Waals surface area contributed by atoms with Gasteiger partial charge in [-0.25, -0.2) is 4.79 Å². The minimum Gasteiger partial charge on any atom is -0.346 e. The fourth-order valence-corrected chi connectivity index (χ4v) is 4.11. The van der Waals surface area contributed by atoms with Crippen molar-refractivity contribution in [1.29, 1.82) is 0 Å². The van der Waals surface area contributed by atoms with E-state index in [0.717, 1.165) is 36.9 Å². The number of likely N-dealkylation sites (tertiary alicyclic amines) is 1. The third-order valence-electron chi connectivity index (χ3n) is 5.98. The minimum absolute atomic E-state index is 0.00323. The second kappa shape index (κ2) is 10.5. The molecule has 3 rings (SSSR count). The Kier molecular flexibility index (Phi) is 7.72. The number of hydrogen-bond acceptors (Lipinski definition) is 2. The van der Waals surface area contributed by atoms with Crippen LogP contribution in [-0.2, 0) is 6.42 Å². The van der Waals surface area contributed by atoms with Crippen molar-refractivity contribution in [2.24, 2.45) is 0 Å². The van der Waals surface area contributed by atoms with Crippen LogP contribution in [0.25, 0.3) is 0 Å². The lowest BCUT2D eigenvalue weighted by Crippen LogP contribution is -2.47. The summed E-state index contributed by atoms with van der Waals surface area (Å²) in [5, 5.41) is 6.10. The van der Waals surface area contributed by atoms with Crippen molar-refractivity contribution in [3.63, 3.8) is 0 Å². The van der Waals surface area contributed by atoms with Crippen molar-refractivity contribution in [3.05, 3.63) is 70.8 Å². The standard InChI is InChI=1S/C26H35N3O2/c1-5-20-11-13-21(14-12-20)19(4)28-25(30)23-9-6-8-22(16-23)24-10-7-15-29(17-24)26(31)27-18(2)3/h6,8-9,11-14,16,18-19,24H,5,7,10,15,17H2,1-4H3,(H,27,31)(H,28,30)/t19-,24+/m0/s1. The highest BCUT2D eigenvalue weighted by Gasteiger charge is 2.25. The van der Waals surface area contributed by atoms with Crippen LogP contribution in [0.2, 0.25) is 0 Å². The first-order chi connectivity index (χ1) is 14.9. The maximum Gasteiger partial charge on any atom is 0.317 e. The molecule has 5 nitrogen and oxygen atoms in total. The number of rotatable bonds is 6. The normalized spacial score (nSPS) is 17.3. The molecule has 0 bridgehead atoms. The molecule has 0 radical (unpaired) electrons. The summed E-state index contributed by atoms with van der Waals surface area (Å²) in [5.41, 5.74) is 4.17. The number of aryl methyl sites for hydroxylation is 1. The Morgan fingerprint density at radius 1 is 1.06 bits per heavy atom. The lowest BCUT2D eigenvalue weighted by atomic mass is 9.89. The van der Waals surface area contributed by atoms with E-state index in [-0.39, 0.29) is 29.9 Å². The molecule has 1 heterocycles. The summed E-state index contributed by atoms with van der Waals surface area (Å²) >= 11 is 0. The molecule has 5 heteroatoms. The number of nitrogens with one attached hydrogen (secondary N) is 2. The zero-order valence-electron chi connectivity index (χ0n) is 19.2. The SMILES string of the molecule is CCc1ccc([C@H](C)NC(=O)c2cccc([C@@H]3CCCN(C(=O)NC(C)C)C3)c2)cc1. The van der Waals surface area contributed by atoms with Gasteiger partial charge in [-0.3, -0.25) is 4.79 Å². The van der Waals surface area contributed by atoms with Gasteiger partial charge in [0.2, 0.25) is 0 Å². The van der Waals surface area contributed by atoms with Crippen molar-refractivity contribution in [1.82, 2.24) is 15.5 Å². The predicted octanol–water partition coefficient (Wildman–Crippen LogP) is 5.04. The summed E-state index contributed by atoms with van der Waals surface area (Å²) in [5.74, 6) is 0.178. The fourth-order valence-electron chi connectivity index (χ4n) is 4.11. The molecule has 2 aromatic rings. The highest BCUT2D eigenvalue weighted by atomic mass is 16.2. The Hall–Kier alpha value is -2.82. The van der Waals surface area contributed by atoms with Gasteiger partial charge in [0.15, 0.2) is 0 Å². The third kappa shape index (κ3) is 6.09. The summed E-state index contributed by atoms with van der Waals surface area (Å²) in [4.78, 5) is 27.2. The summed E-state index contributed by atoms with van der Waals surface area (Å²) in [7, 11) is 0. The smallest absolute Gasteiger partial charge is 0.317 e. The van der Waals surface area contributed by atoms with Gasteiger partial charge >= 0.3 is 6.03 Å². The zero-order valence-corrected chi connectivity index (χ0v) is 19.2. The summed E-state index contributed by atoms with van der Waals surface area (Å²) in [6.45, 7) is 9.55. The molecule has 1 aliphatic heterocycles. The van der Waals surface area contributed by atoms with E-state index in [1.165, 1.54) is 5.56 Å². The number of carbonyl (C=O) groups excluding carboxylic acids is 2. The fraction of sp³-hybridized carbons (Fsp3) is 0.462. The number of amides is 3. The van der Waals surface area contributed by atoms with Gasteiger partial charge in [0.25, 0.3) is 5.91 Å². The predicted molar refractivity (Wildman–Crippen MR) is 125 cm³/mol. The van der Waals surface area contributed by atoms with E-state index in [0.29, 0.717) is 12.1 Å². The monoisotopic (exact) mass is 421 g/mol. The Balaban J connectivity index is 1.66. The number of piperidine rings is 1. The highest BCUT2D eigenvalue weighted by Crippen LogP contribution is 2.28. The van der Waals surface area contributed by atoms with Crippen molar-refractivity contribution in [2.75, 3.05) is 13.1 Å². The van der Waals surface area contributed by atoms with Crippen LogP contribution < -0.4 is 10.6 Å². The molecule has 0 spiro atoms. The molecule has 0 unspecified atom stereocenters. The Bertz CT molecular complexity index is 892. The molecule has 0 aliphatic carbocycles. The molecule has 0 saturated carbocycles. The van der Waals surface area contributed by atoms with E-state index in [1.54, 1.807) is 0 Å². The first kappa shape index (κ1) is 22.9. The molecule has 2 aromatic carbocycles. The van der Waals surface area contributed by atoms with Crippen molar-refractivity contribution in [3.8, 4) is 0 Å².